The first-order valence-electron chi connectivity index (χ1n) is 9.50. The molecular formula is C18H37N5O2. The fourth-order valence-corrected chi connectivity index (χ4v) is 3.08. The topological polar surface area (TPSA) is 69.2 Å². The highest BCUT2D eigenvalue weighted by Crippen LogP contribution is 2.16. The normalized spacial score (nSPS) is 18.5. The maximum Gasteiger partial charge on any atom is 0.224 e. The van der Waals surface area contributed by atoms with Crippen molar-refractivity contribution in [3.8, 4) is 0 Å². The van der Waals surface area contributed by atoms with Crippen molar-refractivity contribution >= 4 is 11.9 Å². The van der Waals surface area contributed by atoms with E-state index in [9.17, 15) is 4.79 Å². The van der Waals surface area contributed by atoms with Gasteiger partial charge < -0.3 is 25.2 Å². The van der Waals surface area contributed by atoms with Gasteiger partial charge in [0, 0.05) is 66.0 Å². The van der Waals surface area contributed by atoms with Gasteiger partial charge >= 0.3 is 0 Å². The van der Waals surface area contributed by atoms with E-state index >= 15 is 0 Å². The van der Waals surface area contributed by atoms with E-state index in [0.717, 1.165) is 58.0 Å². The van der Waals surface area contributed by atoms with Gasteiger partial charge in [0.15, 0.2) is 5.96 Å². The summed E-state index contributed by atoms with van der Waals surface area (Å²) < 4.78 is 5.06. The van der Waals surface area contributed by atoms with E-state index in [-0.39, 0.29) is 5.91 Å². The molecule has 7 nitrogen and oxygen atoms in total. The van der Waals surface area contributed by atoms with E-state index in [4.69, 9.17) is 4.74 Å². The van der Waals surface area contributed by atoms with Crippen LogP contribution < -0.4 is 10.6 Å². The molecule has 7 heteroatoms. The number of hydrogen-bond donors (Lipinski definition) is 2. The van der Waals surface area contributed by atoms with Crippen LogP contribution in [0.2, 0.25) is 0 Å². The second kappa shape index (κ2) is 12.9. The second-order valence-corrected chi connectivity index (χ2v) is 6.76. The molecule has 146 valence electrons. The minimum Gasteiger partial charge on any atom is -0.385 e. The van der Waals surface area contributed by atoms with E-state index in [1.807, 2.05) is 4.90 Å². The molecule has 0 aromatic heterocycles. The molecule has 0 radical (unpaired) electrons. The summed E-state index contributed by atoms with van der Waals surface area (Å²) in [6.07, 6.45) is 5.05. The van der Waals surface area contributed by atoms with Crippen molar-refractivity contribution in [2.24, 2.45) is 4.99 Å². The molecule has 1 aliphatic rings. The average Bonchev–Trinajstić information content (AvgIpc) is 2.60. The van der Waals surface area contributed by atoms with Gasteiger partial charge in [-0.1, -0.05) is 0 Å². The molecule has 1 heterocycles. The summed E-state index contributed by atoms with van der Waals surface area (Å²) in [5.41, 5.74) is 0. The van der Waals surface area contributed by atoms with Crippen molar-refractivity contribution in [2.45, 2.75) is 45.1 Å². The molecule has 0 aromatic rings. The van der Waals surface area contributed by atoms with Crippen LogP contribution in [0.25, 0.3) is 0 Å². The first kappa shape index (κ1) is 21.7. The lowest BCUT2D eigenvalue weighted by molar-refractivity contribution is -0.134. The molecule has 1 amide bonds. The van der Waals surface area contributed by atoms with Gasteiger partial charge in [0.1, 0.15) is 0 Å². The molecule has 0 aromatic carbocycles. The Kier molecular flexibility index (Phi) is 11.2. The van der Waals surface area contributed by atoms with Crippen molar-refractivity contribution < 1.29 is 9.53 Å². The maximum absolute atomic E-state index is 12.3. The number of piperidine rings is 1. The highest BCUT2D eigenvalue weighted by atomic mass is 16.5. The van der Waals surface area contributed by atoms with Gasteiger partial charge in [-0.3, -0.25) is 9.79 Å². The van der Waals surface area contributed by atoms with Gasteiger partial charge in [0.25, 0.3) is 0 Å². The standard InChI is InChI=1S/C18H37N5O2/c1-16-8-5-6-13-23(16)17(24)9-10-20-18(19-2)21-11-14-22(3)12-7-15-25-4/h16H,5-15H2,1-4H3,(H2,19,20,21). The van der Waals surface area contributed by atoms with Gasteiger partial charge in [0.2, 0.25) is 5.91 Å². The Morgan fingerprint density at radius 1 is 1.28 bits per heavy atom. The number of ether oxygens (including phenoxy) is 1. The quantitative estimate of drug-likeness (QED) is 0.346. The Morgan fingerprint density at radius 2 is 2.04 bits per heavy atom. The molecule has 1 aliphatic heterocycles. The number of likely N-dealkylation sites (N-methyl/N-ethyl adjacent to an activating group) is 1. The Bertz CT molecular complexity index is 403. The van der Waals surface area contributed by atoms with Crippen LogP contribution in [0.15, 0.2) is 4.99 Å². The SMILES string of the molecule is CN=C(NCCC(=O)N1CCCCC1C)NCCN(C)CCCOC. The fourth-order valence-electron chi connectivity index (χ4n) is 3.08. The van der Waals surface area contributed by atoms with E-state index in [2.05, 4.69) is 34.5 Å². The predicted molar refractivity (Wildman–Crippen MR) is 103 cm³/mol. The molecule has 1 atom stereocenters. The van der Waals surface area contributed by atoms with Crippen LogP contribution in [0.1, 0.15) is 39.0 Å². The van der Waals surface area contributed by atoms with Gasteiger partial charge in [0.05, 0.1) is 0 Å². The summed E-state index contributed by atoms with van der Waals surface area (Å²) in [6.45, 7) is 7.24. The average molecular weight is 356 g/mol. The Labute approximate surface area is 153 Å². The number of aliphatic imine (C=N–C) groups is 1. The molecule has 0 aliphatic carbocycles. The van der Waals surface area contributed by atoms with Crippen molar-refractivity contribution in [3.05, 3.63) is 0 Å². The molecule has 0 bridgehead atoms. The molecule has 1 fully saturated rings. The third-order valence-electron chi connectivity index (χ3n) is 4.65. The third-order valence-corrected chi connectivity index (χ3v) is 4.65. The minimum atomic E-state index is 0.244. The molecule has 1 saturated heterocycles. The van der Waals surface area contributed by atoms with Crippen LogP contribution in [-0.2, 0) is 9.53 Å². The van der Waals surface area contributed by atoms with Gasteiger partial charge in [-0.2, -0.15) is 0 Å². The highest BCUT2D eigenvalue weighted by molar-refractivity contribution is 5.81. The number of rotatable bonds is 10. The lowest BCUT2D eigenvalue weighted by atomic mass is 10.0. The molecule has 0 spiro atoms. The Hall–Kier alpha value is -1.34. The van der Waals surface area contributed by atoms with Crippen LogP contribution in [-0.4, -0.2) is 88.2 Å². The van der Waals surface area contributed by atoms with Crippen LogP contribution in [0, 0.1) is 0 Å². The summed E-state index contributed by atoms with van der Waals surface area (Å²) >= 11 is 0. The Morgan fingerprint density at radius 3 is 2.72 bits per heavy atom. The summed E-state index contributed by atoms with van der Waals surface area (Å²) in [4.78, 5) is 20.8. The van der Waals surface area contributed by atoms with E-state index in [1.165, 1.54) is 6.42 Å². The van der Waals surface area contributed by atoms with Crippen molar-refractivity contribution in [3.63, 3.8) is 0 Å². The molecular weight excluding hydrogens is 318 g/mol. The van der Waals surface area contributed by atoms with Crippen LogP contribution in [0.5, 0.6) is 0 Å². The third kappa shape index (κ3) is 9.07. The summed E-state index contributed by atoms with van der Waals surface area (Å²) in [6, 6.07) is 0.382. The zero-order valence-corrected chi connectivity index (χ0v) is 16.5. The summed E-state index contributed by atoms with van der Waals surface area (Å²) in [5.74, 6) is 0.998. The first-order chi connectivity index (χ1) is 12.1. The largest absolute Gasteiger partial charge is 0.385 e. The number of carbonyl (C=O) groups excluding carboxylic acids is 1. The highest BCUT2D eigenvalue weighted by Gasteiger charge is 2.22. The van der Waals surface area contributed by atoms with Crippen LogP contribution in [0.4, 0.5) is 0 Å². The number of amides is 1. The predicted octanol–water partition coefficient (Wildman–Crippen LogP) is 0.911. The number of guanidine groups is 1. The molecule has 0 saturated carbocycles. The van der Waals surface area contributed by atoms with E-state index in [0.29, 0.717) is 19.0 Å². The number of hydrogen-bond acceptors (Lipinski definition) is 4. The van der Waals surface area contributed by atoms with Crippen LogP contribution in [0.3, 0.4) is 0 Å². The minimum absolute atomic E-state index is 0.244. The van der Waals surface area contributed by atoms with Crippen molar-refractivity contribution in [1.82, 2.24) is 20.4 Å². The summed E-state index contributed by atoms with van der Waals surface area (Å²) in [5, 5.41) is 6.53. The van der Waals surface area contributed by atoms with Gasteiger partial charge in [-0.25, -0.2) is 0 Å². The van der Waals surface area contributed by atoms with Gasteiger partial charge in [-0.15, -0.1) is 0 Å². The molecule has 1 rings (SSSR count). The number of carbonyl (C=O) groups is 1. The fraction of sp³-hybridized carbons (Fsp3) is 0.889. The second-order valence-electron chi connectivity index (χ2n) is 6.76. The van der Waals surface area contributed by atoms with Crippen LogP contribution >= 0.6 is 0 Å². The monoisotopic (exact) mass is 355 g/mol. The number of nitrogens with one attached hydrogen (secondary N) is 2. The number of nitrogens with zero attached hydrogens (tertiary/aromatic N) is 3. The lowest BCUT2D eigenvalue weighted by Crippen LogP contribution is -2.45. The molecule has 25 heavy (non-hydrogen) atoms. The summed E-state index contributed by atoms with van der Waals surface area (Å²) in [7, 11) is 5.59. The van der Waals surface area contributed by atoms with E-state index < -0.39 is 0 Å². The van der Waals surface area contributed by atoms with E-state index in [1.54, 1.807) is 14.2 Å². The molecule has 1 unspecified atom stereocenters. The van der Waals surface area contributed by atoms with Gasteiger partial charge in [-0.05, 0) is 39.7 Å². The molecule has 2 N–H and O–H groups in total. The lowest BCUT2D eigenvalue weighted by Gasteiger charge is -2.33. The zero-order valence-electron chi connectivity index (χ0n) is 16.5. The smallest absolute Gasteiger partial charge is 0.224 e. The maximum atomic E-state index is 12.3. The number of likely N-dealkylation sites (tertiary alicyclic amines) is 1. The Balaban J connectivity index is 2.16. The van der Waals surface area contributed by atoms with Crippen molar-refractivity contribution in [2.75, 3.05) is 60.5 Å². The van der Waals surface area contributed by atoms with Crippen molar-refractivity contribution in [1.29, 1.82) is 0 Å². The number of methoxy groups -OCH3 is 1. The zero-order chi connectivity index (χ0) is 18.5. The first-order valence-corrected chi connectivity index (χ1v) is 9.50.